The third-order valence-corrected chi connectivity index (χ3v) is 5.88. The maximum atomic E-state index is 13.3. The van der Waals surface area contributed by atoms with Crippen molar-refractivity contribution in [3.8, 4) is 0 Å². The molecule has 0 saturated carbocycles. The molecule has 4 aromatic rings. The molecule has 0 radical (unpaired) electrons. The Kier molecular flexibility index (Phi) is 5.41. The van der Waals surface area contributed by atoms with Gasteiger partial charge in [0.15, 0.2) is 5.13 Å². The van der Waals surface area contributed by atoms with Gasteiger partial charge in [0.05, 0.1) is 23.2 Å². The van der Waals surface area contributed by atoms with Crippen molar-refractivity contribution < 1.29 is 4.79 Å². The minimum atomic E-state index is 0.0351. The molecule has 0 aliphatic heterocycles. The first kappa shape index (κ1) is 19.3. The van der Waals surface area contributed by atoms with E-state index in [1.165, 1.54) is 5.56 Å². The van der Waals surface area contributed by atoms with Gasteiger partial charge in [0.1, 0.15) is 0 Å². The Morgan fingerprint density at radius 2 is 1.83 bits per heavy atom. The number of hydrogen-bond acceptors (Lipinski definition) is 4. The molecule has 0 spiro atoms. The van der Waals surface area contributed by atoms with Gasteiger partial charge in [-0.05, 0) is 55.2 Å². The number of aryl methyl sites for hydroxylation is 3. The van der Waals surface area contributed by atoms with Gasteiger partial charge in [-0.1, -0.05) is 53.3 Å². The molecule has 1 amide bonds. The van der Waals surface area contributed by atoms with Crippen molar-refractivity contribution in [2.75, 3.05) is 4.90 Å². The lowest BCUT2D eigenvalue weighted by atomic mass is 10.1. The molecule has 2 aromatic heterocycles. The Morgan fingerprint density at radius 1 is 1.00 bits per heavy atom. The fourth-order valence-electron chi connectivity index (χ4n) is 3.50. The molecule has 0 atom stereocenters. The number of benzene rings is 2. The Labute approximate surface area is 174 Å². The van der Waals surface area contributed by atoms with E-state index in [4.69, 9.17) is 4.98 Å². The molecule has 0 N–H and O–H groups in total. The van der Waals surface area contributed by atoms with Crippen molar-refractivity contribution in [3.63, 3.8) is 0 Å². The van der Waals surface area contributed by atoms with E-state index in [-0.39, 0.29) is 5.91 Å². The van der Waals surface area contributed by atoms with Gasteiger partial charge in [-0.15, -0.1) is 0 Å². The maximum absolute atomic E-state index is 13.3. The lowest BCUT2D eigenvalue weighted by molar-refractivity contribution is -0.118. The van der Waals surface area contributed by atoms with Crippen LogP contribution in [0.25, 0.3) is 10.2 Å². The van der Waals surface area contributed by atoms with Crippen molar-refractivity contribution in [2.45, 2.75) is 33.7 Å². The lowest BCUT2D eigenvalue weighted by Crippen LogP contribution is -2.31. The molecule has 0 aliphatic carbocycles. The molecule has 4 nitrogen and oxygen atoms in total. The molecule has 0 fully saturated rings. The standard InChI is InChI=1S/C24H23N3OS/c1-16-6-4-7-19(11-16)13-22(28)27(15-20-8-5-9-25-14-20)24-26-23-18(3)10-17(2)12-21(23)29-24/h4-12,14H,13,15H2,1-3H3. The van der Waals surface area contributed by atoms with Gasteiger partial charge in [0.25, 0.3) is 0 Å². The second-order valence-corrected chi connectivity index (χ2v) is 8.44. The number of thiazole rings is 1. The van der Waals surface area contributed by atoms with Gasteiger partial charge in [0, 0.05) is 12.4 Å². The number of aromatic nitrogens is 2. The van der Waals surface area contributed by atoms with Gasteiger partial charge in [-0.2, -0.15) is 0 Å². The molecule has 4 rings (SSSR count). The van der Waals surface area contributed by atoms with Crippen LogP contribution in [0.2, 0.25) is 0 Å². The second kappa shape index (κ2) is 8.13. The minimum Gasteiger partial charge on any atom is -0.283 e. The van der Waals surface area contributed by atoms with Gasteiger partial charge in [0.2, 0.25) is 5.91 Å². The minimum absolute atomic E-state index is 0.0351. The van der Waals surface area contributed by atoms with Crippen molar-refractivity contribution in [1.29, 1.82) is 0 Å². The van der Waals surface area contributed by atoms with Crippen LogP contribution >= 0.6 is 11.3 Å². The predicted molar refractivity (Wildman–Crippen MR) is 119 cm³/mol. The zero-order valence-electron chi connectivity index (χ0n) is 16.8. The summed E-state index contributed by atoms with van der Waals surface area (Å²) in [6, 6.07) is 16.2. The highest BCUT2D eigenvalue weighted by atomic mass is 32.1. The van der Waals surface area contributed by atoms with E-state index in [2.05, 4.69) is 37.0 Å². The van der Waals surface area contributed by atoms with Gasteiger partial charge in [-0.25, -0.2) is 4.98 Å². The number of pyridine rings is 1. The fraction of sp³-hybridized carbons (Fsp3) is 0.208. The second-order valence-electron chi connectivity index (χ2n) is 7.43. The highest BCUT2D eigenvalue weighted by Crippen LogP contribution is 2.32. The van der Waals surface area contributed by atoms with Gasteiger partial charge >= 0.3 is 0 Å². The molecule has 0 unspecified atom stereocenters. The van der Waals surface area contributed by atoms with E-state index >= 15 is 0 Å². The number of carbonyl (C=O) groups is 1. The number of hydrogen-bond donors (Lipinski definition) is 0. The Hall–Kier alpha value is -3.05. The molecule has 0 saturated heterocycles. The largest absolute Gasteiger partial charge is 0.283 e. The molecule has 29 heavy (non-hydrogen) atoms. The summed E-state index contributed by atoms with van der Waals surface area (Å²) in [7, 11) is 0. The highest BCUT2D eigenvalue weighted by molar-refractivity contribution is 7.22. The van der Waals surface area contributed by atoms with E-state index < -0.39 is 0 Å². The summed E-state index contributed by atoms with van der Waals surface area (Å²) >= 11 is 1.57. The zero-order chi connectivity index (χ0) is 20.4. The van der Waals surface area contributed by atoms with Crippen LogP contribution in [-0.2, 0) is 17.8 Å². The summed E-state index contributed by atoms with van der Waals surface area (Å²) in [5.74, 6) is 0.0351. The molecule has 2 aromatic carbocycles. The van der Waals surface area contributed by atoms with Gasteiger partial charge < -0.3 is 0 Å². The SMILES string of the molecule is Cc1cccc(CC(=O)N(Cc2cccnc2)c2nc3c(C)cc(C)cc3s2)c1. The Bertz CT molecular complexity index is 1170. The van der Waals surface area contributed by atoms with Crippen LogP contribution in [0.5, 0.6) is 0 Å². The first-order chi connectivity index (χ1) is 14.0. The Balaban J connectivity index is 1.72. The summed E-state index contributed by atoms with van der Waals surface area (Å²) in [4.78, 5) is 24.2. The number of amides is 1. The average Bonchev–Trinajstić information content (AvgIpc) is 3.11. The van der Waals surface area contributed by atoms with Crippen molar-refractivity contribution in [1.82, 2.24) is 9.97 Å². The molecule has 5 heteroatoms. The Morgan fingerprint density at radius 3 is 2.59 bits per heavy atom. The van der Waals surface area contributed by atoms with Crippen LogP contribution in [0.3, 0.4) is 0 Å². The van der Waals surface area contributed by atoms with Crippen LogP contribution in [0.4, 0.5) is 5.13 Å². The first-order valence-corrected chi connectivity index (χ1v) is 10.4. The van der Waals surface area contributed by atoms with Crippen LogP contribution in [0, 0.1) is 20.8 Å². The van der Waals surface area contributed by atoms with Crippen molar-refractivity contribution >= 4 is 32.6 Å². The van der Waals surface area contributed by atoms with Crippen LogP contribution in [0.1, 0.15) is 27.8 Å². The normalized spacial score (nSPS) is 11.0. The molecule has 2 heterocycles. The number of anilines is 1. The summed E-state index contributed by atoms with van der Waals surface area (Å²) in [5, 5.41) is 0.732. The van der Waals surface area contributed by atoms with E-state index in [0.29, 0.717) is 13.0 Å². The summed E-state index contributed by atoms with van der Waals surface area (Å²) in [5.41, 5.74) is 6.46. The molecule has 146 valence electrons. The number of nitrogens with zero attached hydrogens (tertiary/aromatic N) is 3. The van der Waals surface area contributed by atoms with E-state index in [1.807, 2.05) is 37.3 Å². The highest BCUT2D eigenvalue weighted by Gasteiger charge is 2.21. The predicted octanol–water partition coefficient (Wildman–Crippen LogP) is 5.39. The summed E-state index contributed by atoms with van der Waals surface area (Å²) in [6.07, 6.45) is 3.89. The average molecular weight is 402 g/mol. The molecule has 0 aliphatic rings. The van der Waals surface area contributed by atoms with Crippen LogP contribution in [-0.4, -0.2) is 15.9 Å². The van der Waals surface area contributed by atoms with Crippen LogP contribution in [0.15, 0.2) is 60.9 Å². The van der Waals surface area contributed by atoms with E-state index in [9.17, 15) is 4.79 Å². The first-order valence-electron chi connectivity index (χ1n) is 9.62. The zero-order valence-corrected chi connectivity index (χ0v) is 17.7. The summed E-state index contributed by atoms with van der Waals surface area (Å²) in [6.45, 7) is 6.65. The maximum Gasteiger partial charge on any atom is 0.233 e. The molecule has 0 bridgehead atoms. The third kappa shape index (κ3) is 4.35. The molecular formula is C24H23N3OS. The van der Waals surface area contributed by atoms with Crippen LogP contribution < -0.4 is 4.90 Å². The van der Waals surface area contributed by atoms with Gasteiger partial charge in [-0.3, -0.25) is 14.7 Å². The topological polar surface area (TPSA) is 46.1 Å². The monoisotopic (exact) mass is 401 g/mol. The van der Waals surface area contributed by atoms with E-state index in [0.717, 1.165) is 37.6 Å². The molecular weight excluding hydrogens is 378 g/mol. The number of carbonyl (C=O) groups excluding carboxylic acids is 1. The quantitative estimate of drug-likeness (QED) is 0.450. The lowest BCUT2D eigenvalue weighted by Gasteiger charge is -2.20. The fourth-order valence-corrected chi connectivity index (χ4v) is 4.66. The van der Waals surface area contributed by atoms with Crippen molar-refractivity contribution in [2.24, 2.45) is 0 Å². The number of rotatable bonds is 5. The smallest absolute Gasteiger partial charge is 0.233 e. The third-order valence-electron chi connectivity index (χ3n) is 4.85. The summed E-state index contributed by atoms with van der Waals surface area (Å²) < 4.78 is 1.11. The number of fused-ring (bicyclic) bond motifs is 1. The van der Waals surface area contributed by atoms with Crippen molar-refractivity contribution in [3.05, 3.63) is 88.7 Å². The van der Waals surface area contributed by atoms with E-state index in [1.54, 1.807) is 28.6 Å².